The fourth-order valence-corrected chi connectivity index (χ4v) is 3.33. The maximum atomic E-state index is 12.1. The zero-order valence-electron chi connectivity index (χ0n) is 18.6. The molecule has 1 aliphatic rings. The van der Waals surface area contributed by atoms with Crippen LogP contribution in [0, 0.1) is 19.8 Å². The van der Waals surface area contributed by atoms with Crippen molar-refractivity contribution in [1.29, 1.82) is 0 Å². The summed E-state index contributed by atoms with van der Waals surface area (Å²) in [6, 6.07) is 5.94. The highest BCUT2D eigenvalue weighted by Gasteiger charge is 2.27. The van der Waals surface area contributed by atoms with Gasteiger partial charge in [-0.05, 0) is 65.0 Å². The van der Waals surface area contributed by atoms with Gasteiger partial charge in [-0.25, -0.2) is 4.79 Å². The molecule has 8 heteroatoms. The summed E-state index contributed by atoms with van der Waals surface area (Å²) in [5.41, 5.74) is 7.50. The third kappa shape index (κ3) is 7.93. The van der Waals surface area contributed by atoms with Gasteiger partial charge in [0, 0.05) is 25.2 Å². The number of nitrogens with zero attached hydrogens (tertiary/aromatic N) is 1. The molecule has 1 saturated heterocycles. The second kappa shape index (κ2) is 10.3. The number of likely N-dealkylation sites (tertiary alicyclic amines) is 1. The molecule has 0 unspecified atom stereocenters. The Morgan fingerprint density at radius 1 is 1.07 bits per heavy atom. The quantitative estimate of drug-likeness (QED) is 0.639. The van der Waals surface area contributed by atoms with Crippen molar-refractivity contribution in [1.82, 2.24) is 15.8 Å². The van der Waals surface area contributed by atoms with E-state index in [1.807, 2.05) is 52.8 Å². The van der Waals surface area contributed by atoms with E-state index in [-0.39, 0.29) is 30.4 Å². The topological polar surface area (TPSA) is 99.8 Å². The van der Waals surface area contributed by atoms with Crippen LogP contribution in [0.5, 0.6) is 0 Å². The number of ether oxygens (including phenoxy) is 1. The zero-order chi connectivity index (χ0) is 22.3. The average molecular weight is 419 g/mol. The Hall–Kier alpha value is -2.77. The summed E-state index contributed by atoms with van der Waals surface area (Å²) in [5.74, 6) is -0.373. The maximum absolute atomic E-state index is 12.1. The predicted molar refractivity (Wildman–Crippen MR) is 116 cm³/mol. The van der Waals surface area contributed by atoms with Crippen LogP contribution in [0.1, 0.15) is 51.2 Å². The van der Waals surface area contributed by atoms with Crippen LogP contribution < -0.4 is 16.2 Å². The third-order valence-electron chi connectivity index (χ3n) is 4.90. The van der Waals surface area contributed by atoms with Crippen LogP contribution in [0.2, 0.25) is 0 Å². The SMILES string of the molecule is Cc1ccc(NCC(=O)NNC(=O)CC2CCN(C(=O)OC(C)(C)C)CC2)c(C)c1. The second-order valence-corrected chi connectivity index (χ2v) is 8.88. The summed E-state index contributed by atoms with van der Waals surface area (Å²) < 4.78 is 5.38. The lowest BCUT2D eigenvalue weighted by atomic mass is 9.93. The molecule has 1 heterocycles. The lowest BCUT2D eigenvalue weighted by molar-refractivity contribution is -0.128. The van der Waals surface area contributed by atoms with Crippen LogP contribution in [0.3, 0.4) is 0 Å². The molecule has 1 aromatic rings. The zero-order valence-corrected chi connectivity index (χ0v) is 18.6. The lowest BCUT2D eigenvalue weighted by Gasteiger charge is -2.33. The Balaban J connectivity index is 1.65. The molecule has 1 aliphatic heterocycles. The number of aryl methyl sites for hydroxylation is 2. The van der Waals surface area contributed by atoms with Crippen molar-refractivity contribution in [3.63, 3.8) is 0 Å². The van der Waals surface area contributed by atoms with Gasteiger partial charge < -0.3 is 15.0 Å². The number of hydrazine groups is 1. The van der Waals surface area contributed by atoms with Crippen LogP contribution >= 0.6 is 0 Å². The summed E-state index contributed by atoms with van der Waals surface area (Å²) in [4.78, 5) is 37.9. The van der Waals surface area contributed by atoms with Crippen LogP contribution in [-0.2, 0) is 14.3 Å². The van der Waals surface area contributed by atoms with E-state index in [9.17, 15) is 14.4 Å². The molecular formula is C22H34N4O4. The fraction of sp³-hybridized carbons (Fsp3) is 0.591. The second-order valence-electron chi connectivity index (χ2n) is 8.88. The van der Waals surface area contributed by atoms with Gasteiger partial charge in [0.15, 0.2) is 0 Å². The molecule has 0 atom stereocenters. The first kappa shape index (κ1) is 23.5. The average Bonchev–Trinajstić information content (AvgIpc) is 2.65. The number of piperidine rings is 1. The molecule has 1 fully saturated rings. The molecule has 0 spiro atoms. The first-order chi connectivity index (χ1) is 14.0. The summed E-state index contributed by atoms with van der Waals surface area (Å²) in [6.45, 7) is 10.7. The largest absolute Gasteiger partial charge is 0.444 e. The smallest absolute Gasteiger partial charge is 0.410 e. The molecule has 166 valence electrons. The Labute approximate surface area is 178 Å². The number of nitrogens with one attached hydrogen (secondary N) is 3. The highest BCUT2D eigenvalue weighted by molar-refractivity contribution is 5.84. The maximum Gasteiger partial charge on any atom is 0.410 e. The van der Waals surface area contributed by atoms with Gasteiger partial charge >= 0.3 is 6.09 Å². The minimum atomic E-state index is -0.515. The van der Waals surface area contributed by atoms with E-state index in [4.69, 9.17) is 4.74 Å². The van der Waals surface area contributed by atoms with Gasteiger partial charge in [0.2, 0.25) is 5.91 Å². The number of carbonyl (C=O) groups excluding carboxylic acids is 3. The van der Waals surface area contributed by atoms with Crippen LogP contribution in [-0.4, -0.2) is 48.0 Å². The van der Waals surface area contributed by atoms with Crippen molar-refractivity contribution in [3.8, 4) is 0 Å². The number of benzene rings is 1. The Kier molecular flexibility index (Phi) is 8.08. The Morgan fingerprint density at radius 2 is 1.70 bits per heavy atom. The van der Waals surface area contributed by atoms with E-state index in [2.05, 4.69) is 16.2 Å². The van der Waals surface area contributed by atoms with Crippen LogP contribution in [0.25, 0.3) is 0 Å². The first-order valence-electron chi connectivity index (χ1n) is 10.4. The van der Waals surface area contributed by atoms with Crippen LogP contribution in [0.4, 0.5) is 10.5 Å². The van der Waals surface area contributed by atoms with Crippen molar-refractivity contribution < 1.29 is 19.1 Å². The van der Waals surface area contributed by atoms with E-state index in [0.29, 0.717) is 19.5 Å². The molecule has 0 radical (unpaired) electrons. The van der Waals surface area contributed by atoms with Gasteiger partial charge in [-0.2, -0.15) is 0 Å². The molecule has 0 bridgehead atoms. The van der Waals surface area contributed by atoms with Crippen molar-refractivity contribution in [3.05, 3.63) is 29.3 Å². The molecule has 3 amide bonds. The highest BCUT2D eigenvalue weighted by atomic mass is 16.6. The number of carbonyl (C=O) groups is 3. The number of hydrogen-bond acceptors (Lipinski definition) is 5. The van der Waals surface area contributed by atoms with E-state index in [1.165, 1.54) is 0 Å². The third-order valence-corrected chi connectivity index (χ3v) is 4.90. The molecule has 0 aliphatic carbocycles. The van der Waals surface area contributed by atoms with E-state index in [1.54, 1.807) is 4.90 Å². The van der Waals surface area contributed by atoms with Crippen molar-refractivity contribution in [2.75, 3.05) is 25.0 Å². The number of amides is 3. The Bertz CT molecular complexity index is 765. The molecular weight excluding hydrogens is 384 g/mol. The molecule has 0 saturated carbocycles. The normalized spacial score (nSPS) is 14.8. The van der Waals surface area contributed by atoms with Crippen LogP contribution in [0.15, 0.2) is 18.2 Å². The molecule has 30 heavy (non-hydrogen) atoms. The number of rotatable bonds is 5. The summed E-state index contributed by atoms with van der Waals surface area (Å²) in [5, 5.41) is 3.06. The van der Waals surface area contributed by atoms with Gasteiger partial charge in [0.05, 0.1) is 6.54 Å². The van der Waals surface area contributed by atoms with Crippen molar-refractivity contribution in [2.24, 2.45) is 5.92 Å². The fourth-order valence-electron chi connectivity index (χ4n) is 3.33. The summed E-state index contributed by atoms with van der Waals surface area (Å²) in [7, 11) is 0. The molecule has 0 aromatic heterocycles. The minimum absolute atomic E-state index is 0.0679. The molecule has 2 rings (SSSR count). The monoisotopic (exact) mass is 418 g/mol. The van der Waals surface area contributed by atoms with Crippen molar-refractivity contribution >= 4 is 23.6 Å². The van der Waals surface area contributed by atoms with Gasteiger partial charge in [-0.1, -0.05) is 17.7 Å². The molecule has 8 nitrogen and oxygen atoms in total. The molecule has 3 N–H and O–H groups in total. The Morgan fingerprint density at radius 3 is 2.30 bits per heavy atom. The highest BCUT2D eigenvalue weighted by Crippen LogP contribution is 2.22. The van der Waals surface area contributed by atoms with Gasteiger partial charge in [0.25, 0.3) is 5.91 Å². The van der Waals surface area contributed by atoms with Gasteiger partial charge in [-0.3, -0.25) is 20.4 Å². The number of anilines is 1. The van der Waals surface area contributed by atoms with Crippen molar-refractivity contribution in [2.45, 2.75) is 59.5 Å². The minimum Gasteiger partial charge on any atom is -0.444 e. The summed E-state index contributed by atoms with van der Waals surface area (Å²) >= 11 is 0. The number of hydrogen-bond donors (Lipinski definition) is 3. The van der Waals surface area contributed by atoms with Gasteiger partial charge in [-0.15, -0.1) is 0 Å². The first-order valence-corrected chi connectivity index (χ1v) is 10.4. The lowest BCUT2D eigenvalue weighted by Crippen LogP contribution is -2.46. The predicted octanol–water partition coefficient (Wildman–Crippen LogP) is 2.90. The standard InChI is InChI=1S/C22H34N4O4/c1-15-6-7-18(16(2)12-15)23-14-20(28)25-24-19(27)13-17-8-10-26(11-9-17)21(29)30-22(3,4)5/h6-7,12,17,23H,8-11,13-14H2,1-5H3,(H,24,27)(H,25,28). The molecule has 1 aromatic carbocycles. The van der Waals surface area contributed by atoms with E-state index in [0.717, 1.165) is 29.7 Å². The van der Waals surface area contributed by atoms with E-state index >= 15 is 0 Å². The summed E-state index contributed by atoms with van der Waals surface area (Å²) in [6.07, 6.45) is 1.46. The van der Waals surface area contributed by atoms with E-state index < -0.39 is 5.60 Å². The van der Waals surface area contributed by atoms with Gasteiger partial charge in [0.1, 0.15) is 5.60 Å².